The lowest BCUT2D eigenvalue weighted by molar-refractivity contribution is -0.146. The zero-order valence-electron chi connectivity index (χ0n) is 14.1. The zero-order chi connectivity index (χ0) is 18.4. The van der Waals surface area contributed by atoms with Crippen molar-refractivity contribution < 1.29 is 27.9 Å². The molecule has 0 aliphatic heterocycles. The molecule has 7 nitrogen and oxygen atoms in total. The molecule has 3 atom stereocenters. The Morgan fingerprint density at radius 3 is 2.48 bits per heavy atom. The van der Waals surface area contributed by atoms with E-state index in [0.717, 1.165) is 6.42 Å². The van der Waals surface area contributed by atoms with Crippen LogP contribution in [0.4, 0.5) is 0 Å². The molecule has 0 saturated heterocycles. The van der Waals surface area contributed by atoms with Gasteiger partial charge in [-0.1, -0.05) is 43.2 Å². The van der Waals surface area contributed by atoms with Gasteiger partial charge in [0.1, 0.15) is 6.04 Å². The molecule has 2 unspecified atom stereocenters. The Balaban J connectivity index is 2.18. The second-order valence-corrected chi connectivity index (χ2v) is 8.13. The van der Waals surface area contributed by atoms with E-state index >= 15 is 0 Å². The number of rotatable bonds is 7. The van der Waals surface area contributed by atoms with Crippen molar-refractivity contribution in [3.05, 3.63) is 35.9 Å². The Morgan fingerprint density at radius 2 is 1.88 bits per heavy atom. The number of benzene rings is 1. The van der Waals surface area contributed by atoms with Crippen molar-refractivity contribution in [2.75, 3.05) is 7.11 Å². The highest BCUT2D eigenvalue weighted by molar-refractivity contribution is 7.90. The first kappa shape index (κ1) is 19.4. The van der Waals surface area contributed by atoms with Gasteiger partial charge < -0.3 is 9.84 Å². The number of hydrogen-bond acceptors (Lipinski definition) is 5. The van der Waals surface area contributed by atoms with Crippen LogP contribution in [0, 0.1) is 5.92 Å². The molecule has 138 valence electrons. The second-order valence-electron chi connectivity index (χ2n) is 6.20. The van der Waals surface area contributed by atoms with Crippen molar-refractivity contribution in [1.29, 1.82) is 0 Å². The number of hydrogen-bond donors (Lipinski definition) is 2. The summed E-state index contributed by atoms with van der Waals surface area (Å²) in [7, 11) is -2.76. The summed E-state index contributed by atoms with van der Waals surface area (Å²) < 4.78 is 32.5. The number of nitrogens with one attached hydrogen (secondary N) is 1. The molecule has 0 aromatic heterocycles. The van der Waals surface area contributed by atoms with Crippen LogP contribution in [-0.2, 0) is 30.8 Å². The monoisotopic (exact) mass is 369 g/mol. The van der Waals surface area contributed by atoms with Crippen molar-refractivity contribution in [3.8, 4) is 0 Å². The lowest BCUT2D eigenvalue weighted by Crippen LogP contribution is -2.50. The highest BCUT2D eigenvalue weighted by atomic mass is 32.2. The van der Waals surface area contributed by atoms with E-state index in [1.165, 1.54) is 7.11 Å². The maximum absolute atomic E-state index is 12.7. The first-order valence-electron chi connectivity index (χ1n) is 8.21. The fourth-order valence-corrected chi connectivity index (χ4v) is 5.12. The first-order chi connectivity index (χ1) is 11.8. The minimum absolute atomic E-state index is 0.0328. The van der Waals surface area contributed by atoms with Crippen LogP contribution in [0.15, 0.2) is 30.3 Å². The molecule has 1 saturated carbocycles. The number of carbonyl (C=O) groups is 2. The van der Waals surface area contributed by atoms with Gasteiger partial charge in [0.25, 0.3) is 0 Å². The minimum Gasteiger partial charge on any atom is -0.480 e. The van der Waals surface area contributed by atoms with Crippen LogP contribution in [0.25, 0.3) is 0 Å². The van der Waals surface area contributed by atoms with E-state index in [1.54, 1.807) is 30.3 Å². The number of aliphatic carboxylic acids is 1. The first-order valence-corrected chi connectivity index (χ1v) is 9.75. The maximum Gasteiger partial charge on any atom is 0.322 e. The third-order valence-electron chi connectivity index (χ3n) is 4.49. The molecule has 1 aliphatic carbocycles. The van der Waals surface area contributed by atoms with Gasteiger partial charge in [-0.15, -0.1) is 0 Å². The van der Waals surface area contributed by atoms with Gasteiger partial charge in [0.2, 0.25) is 10.0 Å². The predicted octanol–water partition coefficient (Wildman–Crippen LogP) is 1.33. The van der Waals surface area contributed by atoms with Gasteiger partial charge in [0.15, 0.2) is 0 Å². The van der Waals surface area contributed by atoms with Crippen molar-refractivity contribution >= 4 is 22.0 Å². The van der Waals surface area contributed by atoms with Crippen molar-refractivity contribution in [1.82, 2.24) is 4.72 Å². The number of sulfonamides is 1. The van der Waals surface area contributed by atoms with E-state index < -0.39 is 39.2 Å². The van der Waals surface area contributed by atoms with Crippen LogP contribution >= 0.6 is 0 Å². The largest absolute Gasteiger partial charge is 0.480 e. The molecule has 2 N–H and O–H groups in total. The molecule has 0 radical (unpaired) electrons. The van der Waals surface area contributed by atoms with Crippen LogP contribution in [0.3, 0.4) is 0 Å². The number of ether oxygens (including phenoxy) is 1. The SMILES string of the molecule is COC(=O)C1CCCCC1S(=O)(=O)N[C@H](Cc1ccccc1)C(=O)O. The Bertz CT molecular complexity index is 703. The van der Waals surface area contributed by atoms with Crippen LogP contribution < -0.4 is 4.72 Å². The average Bonchev–Trinajstić information content (AvgIpc) is 2.61. The van der Waals surface area contributed by atoms with E-state index in [4.69, 9.17) is 4.74 Å². The molecule has 8 heteroatoms. The fourth-order valence-electron chi connectivity index (χ4n) is 3.20. The van der Waals surface area contributed by atoms with Crippen molar-refractivity contribution in [2.24, 2.45) is 5.92 Å². The summed E-state index contributed by atoms with van der Waals surface area (Å²) in [5.41, 5.74) is 0.714. The van der Waals surface area contributed by atoms with E-state index in [-0.39, 0.29) is 6.42 Å². The summed E-state index contributed by atoms with van der Waals surface area (Å²) in [5.74, 6) is -2.58. The van der Waals surface area contributed by atoms with E-state index in [0.29, 0.717) is 24.8 Å². The van der Waals surface area contributed by atoms with Crippen LogP contribution in [-0.4, -0.2) is 43.9 Å². The standard InChI is InChI=1S/C17H23NO6S/c1-24-17(21)13-9-5-6-10-15(13)25(22,23)18-14(16(19)20)11-12-7-3-2-4-8-12/h2-4,7-8,13-15,18H,5-6,9-11H2,1H3,(H,19,20)/t13?,14-,15?/m1/s1. The van der Waals surface area contributed by atoms with E-state index in [2.05, 4.69) is 4.72 Å². The summed E-state index contributed by atoms with van der Waals surface area (Å²) in [6.07, 6.45) is 2.19. The quantitative estimate of drug-likeness (QED) is 0.702. The number of esters is 1. The molecule has 1 fully saturated rings. The fraction of sp³-hybridized carbons (Fsp3) is 0.529. The Morgan fingerprint density at radius 1 is 1.24 bits per heavy atom. The summed E-state index contributed by atoms with van der Waals surface area (Å²) in [5, 5.41) is 8.43. The molecule has 0 heterocycles. The third-order valence-corrected chi connectivity index (χ3v) is 6.47. The molecular weight excluding hydrogens is 346 g/mol. The van der Waals surface area contributed by atoms with Gasteiger partial charge in [0.05, 0.1) is 18.3 Å². The topological polar surface area (TPSA) is 110 Å². The van der Waals surface area contributed by atoms with Crippen molar-refractivity contribution in [2.45, 2.75) is 43.4 Å². The molecule has 0 bridgehead atoms. The van der Waals surface area contributed by atoms with Gasteiger partial charge in [-0.05, 0) is 24.8 Å². The predicted molar refractivity (Wildman–Crippen MR) is 91.4 cm³/mol. The normalized spacial score (nSPS) is 22.1. The smallest absolute Gasteiger partial charge is 0.322 e. The molecular formula is C17H23NO6S. The zero-order valence-corrected chi connectivity index (χ0v) is 14.9. The summed E-state index contributed by atoms with van der Waals surface area (Å²) >= 11 is 0. The van der Waals surface area contributed by atoms with Crippen LogP contribution in [0.5, 0.6) is 0 Å². The summed E-state index contributed by atoms with van der Waals surface area (Å²) in [6, 6.07) is 7.51. The highest BCUT2D eigenvalue weighted by Crippen LogP contribution is 2.30. The van der Waals surface area contributed by atoms with Gasteiger partial charge in [0, 0.05) is 0 Å². The number of carbonyl (C=O) groups excluding carboxylic acids is 1. The number of carboxylic acid groups (broad SMARTS) is 1. The molecule has 2 rings (SSSR count). The van der Waals surface area contributed by atoms with Crippen molar-refractivity contribution in [3.63, 3.8) is 0 Å². The van der Waals surface area contributed by atoms with Gasteiger partial charge in [-0.2, -0.15) is 0 Å². The number of carboxylic acids is 1. The molecule has 1 aliphatic rings. The second kappa shape index (κ2) is 8.44. The molecule has 0 spiro atoms. The minimum atomic E-state index is -3.98. The van der Waals surface area contributed by atoms with Gasteiger partial charge in [-0.25, -0.2) is 13.1 Å². The lowest BCUT2D eigenvalue weighted by atomic mass is 9.89. The Labute approximate surface area is 147 Å². The van der Waals surface area contributed by atoms with Crippen LogP contribution in [0.1, 0.15) is 31.2 Å². The van der Waals surface area contributed by atoms with E-state index in [1.807, 2.05) is 0 Å². The summed E-state index contributed by atoms with van der Waals surface area (Å²) in [6.45, 7) is 0. The van der Waals surface area contributed by atoms with Crippen LogP contribution in [0.2, 0.25) is 0 Å². The Hall–Kier alpha value is -1.93. The molecule has 0 amide bonds. The Kier molecular flexibility index (Phi) is 6.55. The highest BCUT2D eigenvalue weighted by Gasteiger charge is 2.41. The van der Waals surface area contributed by atoms with E-state index in [9.17, 15) is 23.1 Å². The third kappa shape index (κ3) is 5.02. The maximum atomic E-state index is 12.7. The average molecular weight is 369 g/mol. The van der Waals surface area contributed by atoms with Gasteiger partial charge in [-0.3, -0.25) is 9.59 Å². The molecule has 25 heavy (non-hydrogen) atoms. The van der Waals surface area contributed by atoms with Gasteiger partial charge >= 0.3 is 11.9 Å². The number of methoxy groups -OCH3 is 1. The molecule has 1 aromatic rings. The summed E-state index contributed by atoms with van der Waals surface area (Å²) in [4.78, 5) is 23.4. The lowest BCUT2D eigenvalue weighted by Gasteiger charge is -2.30. The molecule has 1 aromatic carbocycles.